The topological polar surface area (TPSA) is 41.1 Å². The van der Waals surface area contributed by atoms with Crippen LogP contribution >= 0.6 is 0 Å². The zero-order valence-corrected chi connectivity index (χ0v) is 15.1. The second-order valence-corrected chi connectivity index (χ2v) is 7.39. The van der Waals surface area contributed by atoms with Crippen LogP contribution in [-0.2, 0) is 5.41 Å². The van der Waals surface area contributed by atoms with E-state index in [0.29, 0.717) is 6.04 Å². The van der Waals surface area contributed by atoms with Gasteiger partial charge in [0, 0.05) is 17.7 Å². The van der Waals surface area contributed by atoms with E-state index >= 15 is 0 Å². The minimum atomic E-state index is -0.0749. The molecule has 4 heteroatoms. The smallest absolute Gasteiger partial charge is 0.160 e. The molecule has 122 valence electrons. The third-order valence-corrected chi connectivity index (χ3v) is 5.68. The van der Waals surface area contributed by atoms with E-state index in [1.807, 2.05) is 6.20 Å². The predicted molar refractivity (Wildman–Crippen MR) is 93.7 cm³/mol. The van der Waals surface area contributed by atoms with Gasteiger partial charge in [-0.05, 0) is 25.7 Å². The van der Waals surface area contributed by atoms with Crippen LogP contribution in [0.25, 0.3) is 12.8 Å². The van der Waals surface area contributed by atoms with Crippen LogP contribution in [0.1, 0.15) is 67.1 Å². The van der Waals surface area contributed by atoms with Crippen LogP contribution in [0.3, 0.4) is 0 Å². The standard InChI is InChI=1S/C18H30N4/c1-9-17(6,7)18(8,10-2)16-20-13(5)14-11-19-22(12(3)4)15(14)21-16/h11-12,19H,5,9-10H2,1-4,6-8H3/t18-/m0/s1. The molecule has 0 spiro atoms. The van der Waals surface area contributed by atoms with Crippen LogP contribution in [0.15, 0.2) is 0 Å². The molecule has 4 nitrogen and oxygen atoms in total. The summed E-state index contributed by atoms with van der Waals surface area (Å²) in [6, 6.07) is 0.326. The zero-order valence-electron chi connectivity index (χ0n) is 15.1. The molecule has 0 aliphatic carbocycles. The van der Waals surface area contributed by atoms with Crippen molar-refractivity contribution in [3.63, 3.8) is 0 Å². The number of aromatic nitrogens is 2. The van der Waals surface area contributed by atoms with Gasteiger partial charge in [-0.1, -0.05) is 47.6 Å². The molecular formula is C18H30N4. The quantitative estimate of drug-likeness (QED) is 0.907. The Balaban J connectivity index is 2.64. The lowest BCUT2D eigenvalue weighted by Crippen LogP contribution is -2.45. The van der Waals surface area contributed by atoms with Crippen LogP contribution in [-0.4, -0.2) is 16.0 Å². The Hall–Kier alpha value is -1.58. The molecule has 0 aromatic carbocycles. The van der Waals surface area contributed by atoms with E-state index in [4.69, 9.17) is 9.97 Å². The van der Waals surface area contributed by atoms with E-state index < -0.39 is 0 Å². The van der Waals surface area contributed by atoms with Crippen LogP contribution < -0.4 is 21.0 Å². The van der Waals surface area contributed by atoms with Crippen molar-refractivity contribution in [1.82, 2.24) is 15.4 Å². The first-order valence-electron chi connectivity index (χ1n) is 8.31. The maximum atomic E-state index is 4.96. The SMILES string of the molecule is C=c1nc([C@](C)(CC)C(C)(C)CC)nc2c1=CNN2C(C)C. The summed E-state index contributed by atoms with van der Waals surface area (Å²) in [5, 5.41) is 3.90. The fourth-order valence-electron chi connectivity index (χ4n) is 3.00. The molecule has 1 aliphatic rings. The Morgan fingerprint density at radius 3 is 2.32 bits per heavy atom. The molecular weight excluding hydrogens is 272 g/mol. The van der Waals surface area contributed by atoms with E-state index in [1.54, 1.807) is 0 Å². The minimum absolute atomic E-state index is 0.0749. The first-order valence-corrected chi connectivity index (χ1v) is 8.31. The van der Waals surface area contributed by atoms with Crippen molar-refractivity contribution >= 4 is 18.6 Å². The van der Waals surface area contributed by atoms with Crippen molar-refractivity contribution < 1.29 is 0 Å². The first-order chi connectivity index (χ1) is 10.2. The molecule has 1 aromatic rings. The summed E-state index contributed by atoms with van der Waals surface area (Å²) in [7, 11) is 0. The summed E-state index contributed by atoms with van der Waals surface area (Å²) in [5.41, 5.74) is 3.33. The number of anilines is 1. The average molecular weight is 302 g/mol. The number of hydrogen-bond acceptors (Lipinski definition) is 4. The first kappa shape index (κ1) is 16.8. The van der Waals surface area contributed by atoms with Crippen molar-refractivity contribution in [1.29, 1.82) is 0 Å². The molecule has 1 N–H and O–H groups in total. The van der Waals surface area contributed by atoms with Crippen molar-refractivity contribution in [2.24, 2.45) is 5.41 Å². The molecule has 0 fully saturated rings. The summed E-state index contributed by atoms with van der Waals surface area (Å²) in [4.78, 5) is 9.73. The monoisotopic (exact) mass is 302 g/mol. The number of fused-ring (bicyclic) bond motifs is 1. The summed E-state index contributed by atoms with van der Waals surface area (Å²) < 4.78 is 0. The highest BCUT2D eigenvalue weighted by Gasteiger charge is 2.42. The Kier molecular flexibility index (Phi) is 4.24. The van der Waals surface area contributed by atoms with Crippen LogP contribution in [0.5, 0.6) is 0 Å². The highest BCUT2D eigenvalue weighted by atomic mass is 15.5. The van der Waals surface area contributed by atoms with Crippen molar-refractivity contribution in [2.45, 2.75) is 72.8 Å². The third-order valence-electron chi connectivity index (χ3n) is 5.68. The molecule has 0 amide bonds. The highest BCUT2D eigenvalue weighted by Crippen LogP contribution is 2.44. The van der Waals surface area contributed by atoms with Crippen LogP contribution in [0, 0.1) is 5.41 Å². The minimum Gasteiger partial charge on any atom is -0.303 e. The Morgan fingerprint density at radius 2 is 1.82 bits per heavy atom. The van der Waals surface area contributed by atoms with Gasteiger partial charge in [0.05, 0.1) is 10.6 Å². The fourth-order valence-corrected chi connectivity index (χ4v) is 3.00. The molecule has 1 atom stereocenters. The van der Waals surface area contributed by atoms with Gasteiger partial charge in [-0.15, -0.1) is 0 Å². The number of hydrogen-bond donors (Lipinski definition) is 1. The third kappa shape index (κ3) is 2.38. The largest absolute Gasteiger partial charge is 0.303 e. The van der Waals surface area contributed by atoms with E-state index in [0.717, 1.165) is 35.1 Å². The maximum absolute atomic E-state index is 4.96. The molecule has 1 aliphatic heterocycles. The van der Waals surface area contributed by atoms with Gasteiger partial charge in [0.25, 0.3) is 0 Å². The van der Waals surface area contributed by atoms with Gasteiger partial charge in [-0.25, -0.2) is 9.97 Å². The summed E-state index contributed by atoms with van der Waals surface area (Å²) in [6.45, 7) is 19.8. The van der Waals surface area contributed by atoms with Gasteiger partial charge >= 0.3 is 0 Å². The van der Waals surface area contributed by atoms with Gasteiger partial charge < -0.3 is 5.43 Å². The highest BCUT2D eigenvalue weighted by molar-refractivity contribution is 5.52. The number of hydrazine groups is 1. The molecule has 22 heavy (non-hydrogen) atoms. The van der Waals surface area contributed by atoms with Crippen molar-refractivity contribution in [3.05, 3.63) is 16.4 Å². The average Bonchev–Trinajstić information content (AvgIpc) is 2.90. The Morgan fingerprint density at radius 1 is 1.18 bits per heavy atom. The lowest BCUT2D eigenvalue weighted by Gasteiger charge is -2.42. The number of nitrogens with one attached hydrogen (secondary N) is 1. The Labute approximate surface area is 134 Å². The predicted octanol–water partition coefficient (Wildman–Crippen LogP) is 2.46. The summed E-state index contributed by atoms with van der Waals surface area (Å²) in [5.74, 6) is 1.87. The van der Waals surface area contributed by atoms with Crippen molar-refractivity contribution in [3.8, 4) is 0 Å². The lowest BCUT2D eigenvalue weighted by molar-refractivity contribution is 0.153. The summed E-state index contributed by atoms with van der Waals surface area (Å²) >= 11 is 0. The van der Waals surface area contributed by atoms with Gasteiger partial charge in [0.15, 0.2) is 5.82 Å². The van der Waals surface area contributed by atoms with E-state index in [2.05, 4.69) is 65.5 Å². The molecule has 0 radical (unpaired) electrons. The van der Waals surface area contributed by atoms with E-state index in [-0.39, 0.29) is 10.8 Å². The van der Waals surface area contributed by atoms with Crippen LogP contribution in [0.4, 0.5) is 5.82 Å². The molecule has 1 aromatic heterocycles. The Bertz CT molecular complexity index is 662. The van der Waals surface area contributed by atoms with Gasteiger partial charge in [0.1, 0.15) is 5.82 Å². The zero-order chi connectivity index (χ0) is 16.7. The molecule has 0 unspecified atom stereocenters. The van der Waals surface area contributed by atoms with E-state index in [1.165, 1.54) is 0 Å². The van der Waals surface area contributed by atoms with Crippen LogP contribution in [0.2, 0.25) is 0 Å². The molecule has 0 bridgehead atoms. The molecule has 0 saturated carbocycles. The lowest BCUT2D eigenvalue weighted by atomic mass is 9.63. The molecule has 2 heterocycles. The van der Waals surface area contributed by atoms with Gasteiger partial charge in [-0.2, -0.15) is 0 Å². The molecule has 2 rings (SSSR count). The number of nitrogens with zero attached hydrogens (tertiary/aromatic N) is 3. The molecule has 0 saturated heterocycles. The second-order valence-electron chi connectivity index (χ2n) is 7.39. The van der Waals surface area contributed by atoms with Gasteiger partial charge in [-0.3, -0.25) is 5.01 Å². The van der Waals surface area contributed by atoms with Crippen molar-refractivity contribution in [2.75, 3.05) is 5.01 Å². The van der Waals surface area contributed by atoms with Gasteiger partial charge in [0.2, 0.25) is 0 Å². The normalized spacial score (nSPS) is 17.0. The fraction of sp³-hybridized carbons (Fsp3) is 0.667. The maximum Gasteiger partial charge on any atom is 0.160 e. The van der Waals surface area contributed by atoms with E-state index in [9.17, 15) is 0 Å². The summed E-state index contributed by atoms with van der Waals surface area (Å²) in [6.07, 6.45) is 4.04. The number of rotatable bonds is 5. The second kappa shape index (κ2) is 5.56.